The van der Waals surface area contributed by atoms with Crippen LogP contribution in [0.1, 0.15) is 49.6 Å². The standard InChI is InChI=1S/C30H38N5O7P/c1-3-5-9-26-34-28-29(35(26)19-21-18-22(11-13-25(21)36)42-43(38,39)40)23-17-20(10-12-24(23)33-30(28)31)8-6-15-41-16-7-14-32-27(37)4-2/h4,10-13,17-18,36H,2-3,5-9,14-16,19H2,1H3,(H2,31,33)(H,32,37)(H2,38,39,40). The van der Waals surface area contributed by atoms with Gasteiger partial charge in [-0.25, -0.2) is 14.5 Å². The summed E-state index contributed by atoms with van der Waals surface area (Å²) in [5.41, 5.74) is 9.91. The minimum Gasteiger partial charge on any atom is -0.508 e. The molecule has 0 saturated heterocycles. The number of phenolic OH excluding ortho intramolecular Hbond substituents is 1. The molecule has 0 unspecified atom stereocenters. The number of ether oxygens (including phenoxy) is 1. The van der Waals surface area contributed by atoms with Crippen molar-refractivity contribution in [3.8, 4) is 11.5 Å². The molecular weight excluding hydrogens is 573 g/mol. The Labute approximate surface area is 249 Å². The number of aryl methyl sites for hydroxylation is 2. The van der Waals surface area contributed by atoms with Crippen molar-refractivity contribution in [1.82, 2.24) is 19.9 Å². The summed E-state index contributed by atoms with van der Waals surface area (Å²) in [7, 11) is -4.78. The predicted molar refractivity (Wildman–Crippen MR) is 165 cm³/mol. The third-order valence-electron chi connectivity index (χ3n) is 6.91. The maximum absolute atomic E-state index is 11.4. The number of pyridine rings is 1. The molecule has 13 heteroatoms. The number of phenols is 1. The molecule has 0 atom stereocenters. The number of nitrogens with zero attached hydrogens (tertiary/aromatic N) is 3. The lowest BCUT2D eigenvalue weighted by Gasteiger charge is -2.14. The minimum atomic E-state index is -4.78. The number of rotatable bonds is 16. The van der Waals surface area contributed by atoms with Crippen molar-refractivity contribution in [2.75, 3.05) is 25.5 Å². The molecule has 12 nitrogen and oxygen atoms in total. The van der Waals surface area contributed by atoms with Crippen LogP contribution in [0.5, 0.6) is 11.5 Å². The summed E-state index contributed by atoms with van der Waals surface area (Å²) in [6.07, 6.45) is 6.03. The van der Waals surface area contributed by atoms with Crippen molar-refractivity contribution in [3.63, 3.8) is 0 Å². The van der Waals surface area contributed by atoms with E-state index in [0.29, 0.717) is 48.6 Å². The molecule has 0 fully saturated rings. The van der Waals surface area contributed by atoms with Crippen molar-refractivity contribution in [3.05, 3.63) is 66.0 Å². The Kier molecular flexibility index (Phi) is 10.8. The lowest BCUT2D eigenvalue weighted by Crippen LogP contribution is -2.22. The first-order chi connectivity index (χ1) is 20.6. The number of nitrogens with two attached hydrogens (primary N) is 1. The number of aromatic hydroxyl groups is 1. The monoisotopic (exact) mass is 611 g/mol. The van der Waals surface area contributed by atoms with Crippen molar-refractivity contribution < 1.29 is 33.5 Å². The summed E-state index contributed by atoms with van der Waals surface area (Å²) in [4.78, 5) is 39.2. The number of phosphoric ester groups is 1. The van der Waals surface area contributed by atoms with Crippen LogP contribution < -0.4 is 15.6 Å². The number of phosphoric acid groups is 1. The second-order valence-electron chi connectivity index (χ2n) is 10.2. The van der Waals surface area contributed by atoms with Gasteiger partial charge in [0.1, 0.15) is 22.8 Å². The van der Waals surface area contributed by atoms with Gasteiger partial charge in [0.2, 0.25) is 5.91 Å². The average molecular weight is 612 g/mol. The smallest absolute Gasteiger partial charge is 0.508 e. The summed E-state index contributed by atoms with van der Waals surface area (Å²) in [5.74, 6) is 0.766. The molecule has 0 aliphatic carbocycles. The van der Waals surface area contributed by atoms with E-state index in [2.05, 4.69) is 29.9 Å². The van der Waals surface area contributed by atoms with Crippen molar-refractivity contribution in [2.24, 2.45) is 0 Å². The molecule has 43 heavy (non-hydrogen) atoms. The zero-order chi connectivity index (χ0) is 31.0. The summed E-state index contributed by atoms with van der Waals surface area (Å²) in [5, 5.41) is 14.2. The number of benzene rings is 2. The van der Waals surface area contributed by atoms with Gasteiger partial charge in [-0.15, -0.1) is 0 Å². The van der Waals surface area contributed by atoms with E-state index in [9.17, 15) is 24.3 Å². The molecule has 0 saturated carbocycles. The highest BCUT2D eigenvalue weighted by atomic mass is 31.2. The summed E-state index contributed by atoms with van der Waals surface area (Å²) in [6.45, 7) is 7.34. The lowest BCUT2D eigenvalue weighted by atomic mass is 10.1. The van der Waals surface area contributed by atoms with E-state index in [1.807, 2.05) is 16.7 Å². The van der Waals surface area contributed by atoms with Gasteiger partial charge in [-0.1, -0.05) is 26.0 Å². The molecule has 2 heterocycles. The Balaban J connectivity index is 1.61. The number of anilines is 1. The van der Waals surface area contributed by atoms with Gasteiger partial charge in [-0.2, -0.15) is 0 Å². The molecule has 0 spiro atoms. The highest BCUT2D eigenvalue weighted by molar-refractivity contribution is 7.46. The fraction of sp³-hybridized carbons (Fsp3) is 0.367. The number of hydrogen-bond donors (Lipinski definition) is 5. The van der Waals surface area contributed by atoms with Crippen LogP contribution >= 0.6 is 7.82 Å². The van der Waals surface area contributed by atoms with Crippen LogP contribution in [0.4, 0.5) is 5.82 Å². The number of aromatic nitrogens is 3. The quantitative estimate of drug-likeness (QED) is 0.0693. The Hall–Kier alpha value is -3.96. The normalized spacial score (nSPS) is 11.7. The van der Waals surface area contributed by atoms with Gasteiger partial charge in [-0.05, 0) is 67.7 Å². The first kappa shape index (κ1) is 32.0. The van der Waals surface area contributed by atoms with Gasteiger partial charge >= 0.3 is 7.82 Å². The van der Waals surface area contributed by atoms with Gasteiger partial charge in [0.15, 0.2) is 5.82 Å². The highest BCUT2D eigenvalue weighted by Crippen LogP contribution is 2.39. The molecule has 0 bridgehead atoms. The third kappa shape index (κ3) is 8.55. The molecule has 2 aromatic carbocycles. The van der Waals surface area contributed by atoms with Gasteiger partial charge in [0.25, 0.3) is 0 Å². The van der Waals surface area contributed by atoms with E-state index in [4.69, 9.17) is 20.0 Å². The van der Waals surface area contributed by atoms with E-state index >= 15 is 0 Å². The van der Waals surface area contributed by atoms with E-state index in [1.165, 1.54) is 24.3 Å². The van der Waals surface area contributed by atoms with Crippen LogP contribution in [0.3, 0.4) is 0 Å². The zero-order valence-corrected chi connectivity index (χ0v) is 25.1. The molecule has 4 rings (SSSR count). The SMILES string of the molecule is C=CC(=O)NCCCOCCCc1ccc2nc(N)c3nc(CCCC)n(Cc4cc(OP(=O)(O)O)ccc4O)c3c2c1. The maximum Gasteiger partial charge on any atom is 0.524 e. The molecule has 2 aromatic heterocycles. The van der Waals surface area contributed by atoms with E-state index in [-0.39, 0.29) is 24.0 Å². The second-order valence-corrected chi connectivity index (χ2v) is 11.4. The number of unbranched alkanes of at least 4 members (excludes halogenated alkanes) is 1. The summed E-state index contributed by atoms with van der Waals surface area (Å²) in [6, 6.07) is 10.1. The van der Waals surface area contributed by atoms with Crippen LogP contribution in [-0.4, -0.2) is 55.1 Å². The first-order valence-corrected chi connectivity index (χ1v) is 15.7. The van der Waals surface area contributed by atoms with Crippen molar-refractivity contribution in [2.45, 2.75) is 52.0 Å². The van der Waals surface area contributed by atoms with Crippen LogP contribution in [0, 0.1) is 0 Å². The van der Waals surface area contributed by atoms with E-state index in [0.717, 1.165) is 54.4 Å². The fourth-order valence-corrected chi connectivity index (χ4v) is 5.24. The topological polar surface area (TPSA) is 182 Å². The van der Waals surface area contributed by atoms with Gasteiger partial charge in [-0.3, -0.25) is 14.6 Å². The second kappa shape index (κ2) is 14.5. The first-order valence-electron chi connectivity index (χ1n) is 14.2. The number of carbonyl (C=O) groups is 1. The van der Waals surface area contributed by atoms with Gasteiger partial charge in [0, 0.05) is 37.1 Å². The third-order valence-corrected chi connectivity index (χ3v) is 7.36. The van der Waals surface area contributed by atoms with Gasteiger partial charge in [0.05, 0.1) is 17.6 Å². The zero-order valence-electron chi connectivity index (χ0n) is 24.2. The van der Waals surface area contributed by atoms with Crippen molar-refractivity contribution >= 4 is 41.5 Å². The van der Waals surface area contributed by atoms with Crippen LogP contribution in [0.15, 0.2) is 49.1 Å². The number of imidazole rings is 1. The van der Waals surface area contributed by atoms with Crippen LogP contribution in [-0.2, 0) is 33.5 Å². The number of hydrogen-bond acceptors (Lipinski definition) is 8. The number of fused-ring (bicyclic) bond motifs is 3. The molecule has 4 aromatic rings. The number of nitrogens with one attached hydrogen (secondary N) is 1. The predicted octanol–water partition coefficient (Wildman–Crippen LogP) is 4.38. The van der Waals surface area contributed by atoms with Crippen LogP contribution in [0.2, 0.25) is 0 Å². The summed E-state index contributed by atoms with van der Waals surface area (Å²) < 4.78 is 23.9. The average Bonchev–Trinajstić information content (AvgIpc) is 3.33. The molecule has 0 aliphatic heterocycles. The largest absolute Gasteiger partial charge is 0.524 e. The Morgan fingerprint density at radius 1 is 1.12 bits per heavy atom. The maximum atomic E-state index is 11.4. The lowest BCUT2D eigenvalue weighted by molar-refractivity contribution is -0.116. The number of nitrogen functional groups attached to an aromatic ring is 1. The van der Waals surface area contributed by atoms with E-state index < -0.39 is 7.82 Å². The highest BCUT2D eigenvalue weighted by Gasteiger charge is 2.21. The van der Waals surface area contributed by atoms with Crippen molar-refractivity contribution in [1.29, 1.82) is 0 Å². The van der Waals surface area contributed by atoms with Gasteiger partial charge < -0.3 is 30.0 Å². The van der Waals surface area contributed by atoms with E-state index in [1.54, 1.807) is 0 Å². The molecule has 230 valence electrons. The molecule has 6 N–H and O–H groups in total. The molecule has 1 amide bonds. The fourth-order valence-electron chi connectivity index (χ4n) is 4.85. The Bertz CT molecular complexity index is 1650. The Morgan fingerprint density at radius 2 is 1.91 bits per heavy atom. The minimum absolute atomic E-state index is 0.0449. The molecule has 0 radical (unpaired) electrons. The van der Waals surface area contributed by atoms with Crippen LogP contribution in [0.25, 0.3) is 21.9 Å². The molecular formula is C30H38N5O7P. The molecule has 0 aliphatic rings. The number of carbonyl (C=O) groups excluding carboxylic acids is 1. The summed E-state index contributed by atoms with van der Waals surface area (Å²) >= 11 is 0. The Morgan fingerprint density at radius 3 is 2.65 bits per heavy atom. The number of amides is 1.